The highest BCUT2D eigenvalue weighted by molar-refractivity contribution is 5.33. The minimum Gasteiger partial charge on any atom is -0.506 e. The second-order valence-corrected chi connectivity index (χ2v) is 3.74. The highest BCUT2D eigenvalue weighted by Crippen LogP contribution is 2.23. The number of hydrazine groups is 1. The molecule has 2 N–H and O–H groups in total. The van der Waals surface area contributed by atoms with E-state index in [1.165, 1.54) is 0 Å². The predicted octanol–water partition coefficient (Wildman–Crippen LogP) is 0.275. The van der Waals surface area contributed by atoms with Crippen LogP contribution in [0.4, 0.5) is 0 Å². The molecule has 0 aromatic heterocycles. The first-order valence-electron chi connectivity index (χ1n) is 5.03. The van der Waals surface area contributed by atoms with Crippen molar-refractivity contribution in [3.8, 4) is 0 Å². The van der Waals surface area contributed by atoms with Crippen LogP contribution in [-0.2, 0) is 4.74 Å². The van der Waals surface area contributed by atoms with Gasteiger partial charge >= 0.3 is 0 Å². The normalized spacial score (nSPS) is 29.2. The average molecular weight is 207 g/mol. The number of morpholine rings is 1. The molecule has 0 amide bonds. The number of allylic oxidation sites excluding steroid dienone is 2. The van der Waals surface area contributed by atoms with Crippen LogP contribution < -0.4 is 5.43 Å². The molecule has 0 aromatic carbocycles. The number of nitrogens with one attached hydrogen (secondary N) is 1. The Balaban J connectivity index is 1.92. The third kappa shape index (κ3) is 1.40. The molecule has 3 heterocycles. The van der Waals surface area contributed by atoms with Crippen molar-refractivity contribution in [2.45, 2.75) is 6.17 Å². The van der Waals surface area contributed by atoms with Crippen molar-refractivity contribution >= 4 is 0 Å². The third-order valence-corrected chi connectivity index (χ3v) is 2.76. The number of fused-ring (bicyclic) bond motifs is 2. The van der Waals surface area contributed by atoms with Gasteiger partial charge in [-0.1, -0.05) is 0 Å². The van der Waals surface area contributed by atoms with Gasteiger partial charge in [0.1, 0.15) is 17.6 Å². The molecule has 5 nitrogen and oxygen atoms in total. The number of nitrogens with zero attached hydrogens (tertiary/aromatic N) is 2. The minimum atomic E-state index is 0.165. The summed E-state index contributed by atoms with van der Waals surface area (Å²) in [7, 11) is 0. The van der Waals surface area contributed by atoms with Gasteiger partial charge in [-0.25, -0.2) is 5.43 Å². The van der Waals surface area contributed by atoms with Crippen molar-refractivity contribution in [1.29, 1.82) is 0 Å². The highest BCUT2D eigenvalue weighted by atomic mass is 16.5. The number of hydrogen-bond donors (Lipinski definition) is 2. The summed E-state index contributed by atoms with van der Waals surface area (Å²) in [5.74, 6) is 0.287. The van der Waals surface area contributed by atoms with Crippen LogP contribution in [0.3, 0.4) is 0 Å². The Morgan fingerprint density at radius 2 is 2.47 bits per heavy atom. The summed E-state index contributed by atoms with van der Waals surface area (Å²) >= 11 is 0. The van der Waals surface area contributed by atoms with Gasteiger partial charge in [0.05, 0.1) is 13.2 Å². The predicted molar refractivity (Wildman–Crippen MR) is 54.2 cm³/mol. The van der Waals surface area contributed by atoms with E-state index in [9.17, 15) is 5.11 Å². The Hall–Kier alpha value is -1.46. The van der Waals surface area contributed by atoms with Crippen LogP contribution >= 0.6 is 0 Å². The molecular weight excluding hydrogens is 194 g/mol. The van der Waals surface area contributed by atoms with Crippen molar-refractivity contribution in [3.05, 3.63) is 36.0 Å². The molecule has 0 spiro atoms. The maximum Gasteiger partial charge on any atom is 0.142 e. The number of hydrogen-bond acceptors (Lipinski definition) is 5. The van der Waals surface area contributed by atoms with Crippen molar-refractivity contribution in [2.24, 2.45) is 0 Å². The van der Waals surface area contributed by atoms with Crippen LogP contribution in [0.5, 0.6) is 0 Å². The Labute approximate surface area is 87.9 Å². The van der Waals surface area contributed by atoms with E-state index in [-0.39, 0.29) is 11.9 Å². The Morgan fingerprint density at radius 3 is 3.40 bits per heavy atom. The lowest BCUT2D eigenvalue weighted by Gasteiger charge is -2.43. The van der Waals surface area contributed by atoms with E-state index in [1.807, 2.05) is 17.4 Å². The van der Waals surface area contributed by atoms with E-state index in [2.05, 4.69) is 10.3 Å². The molecule has 0 bridgehead atoms. The van der Waals surface area contributed by atoms with Gasteiger partial charge < -0.3 is 14.7 Å². The lowest BCUT2D eigenvalue weighted by atomic mass is 10.2. The van der Waals surface area contributed by atoms with Crippen molar-refractivity contribution < 1.29 is 9.84 Å². The summed E-state index contributed by atoms with van der Waals surface area (Å²) < 4.78 is 5.38. The molecule has 0 aromatic rings. The van der Waals surface area contributed by atoms with Crippen LogP contribution in [0.15, 0.2) is 36.0 Å². The van der Waals surface area contributed by atoms with Crippen molar-refractivity contribution in [1.82, 2.24) is 15.3 Å². The van der Waals surface area contributed by atoms with E-state index in [0.717, 1.165) is 18.8 Å². The molecule has 3 aliphatic rings. The number of ether oxygens (including phenoxy) is 1. The Morgan fingerprint density at radius 1 is 1.53 bits per heavy atom. The fourth-order valence-corrected chi connectivity index (χ4v) is 1.95. The number of aliphatic hydroxyl groups excluding tert-OH is 1. The molecule has 80 valence electrons. The molecule has 0 radical (unpaired) electrons. The maximum absolute atomic E-state index is 9.70. The van der Waals surface area contributed by atoms with Crippen molar-refractivity contribution in [3.63, 3.8) is 0 Å². The van der Waals surface area contributed by atoms with Gasteiger partial charge in [-0.3, -0.25) is 5.01 Å². The molecule has 5 heteroatoms. The van der Waals surface area contributed by atoms with Gasteiger partial charge in [0.25, 0.3) is 0 Å². The molecule has 15 heavy (non-hydrogen) atoms. The van der Waals surface area contributed by atoms with Gasteiger partial charge in [-0.15, -0.1) is 0 Å². The SMILES string of the molecule is OC1=CC=CN2NC3COCCN3C=C12. The van der Waals surface area contributed by atoms with Gasteiger partial charge in [0.15, 0.2) is 0 Å². The molecule has 3 aliphatic heterocycles. The first kappa shape index (κ1) is 8.82. The average Bonchev–Trinajstić information content (AvgIpc) is 2.27. The summed E-state index contributed by atoms with van der Waals surface area (Å²) in [6.45, 7) is 2.26. The van der Waals surface area contributed by atoms with Crippen LogP contribution in [0.1, 0.15) is 0 Å². The summed E-state index contributed by atoms with van der Waals surface area (Å²) in [4.78, 5) is 2.15. The number of rotatable bonds is 0. The zero-order chi connectivity index (χ0) is 10.3. The second-order valence-electron chi connectivity index (χ2n) is 3.74. The Kier molecular flexibility index (Phi) is 1.93. The van der Waals surface area contributed by atoms with Crippen LogP contribution in [0, 0.1) is 0 Å². The summed E-state index contributed by atoms with van der Waals surface area (Å²) in [6, 6.07) is 0. The van der Waals surface area contributed by atoms with E-state index >= 15 is 0 Å². The van der Waals surface area contributed by atoms with Crippen LogP contribution in [-0.4, -0.2) is 40.9 Å². The molecule has 1 unspecified atom stereocenters. The largest absolute Gasteiger partial charge is 0.506 e. The summed E-state index contributed by atoms with van der Waals surface area (Å²) in [6.07, 6.45) is 7.51. The van der Waals surface area contributed by atoms with E-state index < -0.39 is 0 Å². The van der Waals surface area contributed by atoms with Crippen LogP contribution in [0.2, 0.25) is 0 Å². The molecular formula is C10H13N3O2. The quantitative estimate of drug-likeness (QED) is 0.597. The van der Waals surface area contributed by atoms with Gasteiger partial charge in [0, 0.05) is 18.9 Å². The topological polar surface area (TPSA) is 48.0 Å². The zero-order valence-electron chi connectivity index (χ0n) is 8.26. The van der Waals surface area contributed by atoms with Gasteiger partial charge in [0.2, 0.25) is 0 Å². The first-order chi connectivity index (χ1) is 7.34. The van der Waals surface area contributed by atoms with Gasteiger partial charge in [-0.2, -0.15) is 0 Å². The third-order valence-electron chi connectivity index (χ3n) is 2.76. The fraction of sp³-hybridized carbons (Fsp3) is 0.400. The van der Waals surface area contributed by atoms with Crippen molar-refractivity contribution in [2.75, 3.05) is 19.8 Å². The molecule has 0 saturated carbocycles. The zero-order valence-corrected chi connectivity index (χ0v) is 8.26. The fourth-order valence-electron chi connectivity index (χ4n) is 1.95. The lowest BCUT2D eigenvalue weighted by Crippen LogP contribution is -2.58. The second kappa shape index (κ2) is 3.29. The molecule has 3 rings (SSSR count). The Bertz CT molecular complexity index is 362. The smallest absolute Gasteiger partial charge is 0.142 e. The number of aliphatic hydroxyl groups is 1. The van der Waals surface area contributed by atoms with E-state index in [4.69, 9.17) is 4.74 Å². The maximum atomic E-state index is 9.70. The highest BCUT2D eigenvalue weighted by Gasteiger charge is 2.29. The van der Waals surface area contributed by atoms with E-state index in [0.29, 0.717) is 6.61 Å². The molecule has 1 fully saturated rings. The lowest BCUT2D eigenvalue weighted by molar-refractivity contribution is -0.0293. The molecule has 1 atom stereocenters. The van der Waals surface area contributed by atoms with E-state index in [1.54, 1.807) is 12.2 Å². The monoisotopic (exact) mass is 207 g/mol. The summed E-state index contributed by atoms with van der Waals surface area (Å²) in [5, 5.41) is 11.5. The minimum absolute atomic E-state index is 0.165. The summed E-state index contributed by atoms with van der Waals surface area (Å²) in [5.41, 5.74) is 4.05. The molecule has 0 aliphatic carbocycles. The van der Waals surface area contributed by atoms with Gasteiger partial charge in [-0.05, 0) is 12.2 Å². The molecule has 1 saturated heterocycles. The first-order valence-corrected chi connectivity index (χ1v) is 5.03. The standard InChI is InChI=1S/C10H13N3O2/c14-9-2-1-3-13-8(9)6-12-4-5-15-7-10(12)11-13/h1-3,6,10-11,14H,4-5,7H2. The van der Waals surface area contributed by atoms with Crippen LogP contribution in [0.25, 0.3) is 0 Å².